The summed E-state index contributed by atoms with van der Waals surface area (Å²) in [7, 11) is 1.61. The van der Waals surface area contributed by atoms with Crippen LogP contribution in [0.5, 0.6) is 5.75 Å². The number of hydrogen-bond donors (Lipinski definition) is 4. The first-order chi connectivity index (χ1) is 20.8. The van der Waals surface area contributed by atoms with Crippen molar-refractivity contribution >= 4 is 35.5 Å². The van der Waals surface area contributed by atoms with Gasteiger partial charge in [-0.2, -0.15) is 24.9 Å². The molecule has 0 aliphatic carbocycles. The quantitative estimate of drug-likeness (QED) is 0.226. The van der Waals surface area contributed by atoms with Crippen LogP contribution in [0.2, 0.25) is 0 Å². The number of aryl methyl sites for hydroxylation is 1. The molecule has 1 aromatic heterocycles. The number of thioether (sulfide) groups is 1. The summed E-state index contributed by atoms with van der Waals surface area (Å²) in [5.74, 6) is -2.71. The van der Waals surface area contributed by atoms with E-state index in [0.717, 1.165) is 29.8 Å². The third-order valence-corrected chi connectivity index (χ3v) is 7.40. The van der Waals surface area contributed by atoms with Gasteiger partial charge in [0.25, 0.3) is 0 Å². The second-order valence-electron chi connectivity index (χ2n) is 9.97. The van der Waals surface area contributed by atoms with Crippen molar-refractivity contribution in [3.63, 3.8) is 0 Å². The molecule has 0 bridgehead atoms. The van der Waals surface area contributed by atoms with E-state index in [-0.39, 0.29) is 24.4 Å². The van der Waals surface area contributed by atoms with Gasteiger partial charge in [-0.3, -0.25) is 14.5 Å². The van der Waals surface area contributed by atoms with E-state index in [9.17, 15) is 32.7 Å². The zero-order chi connectivity index (χ0) is 32.7. The largest absolute Gasteiger partial charge is 0.496 e. The first-order valence-corrected chi connectivity index (χ1v) is 15.2. The molecule has 1 aromatic carbocycles. The molecule has 16 heteroatoms. The Hall–Kier alpha value is -3.79. The predicted molar refractivity (Wildman–Crippen MR) is 156 cm³/mol. The number of hydrogen-bond acceptors (Lipinski definition) is 8. The second-order valence-corrected chi connectivity index (χ2v) is 11.0. The number of H-pyrrole nitrogens is 1. The summed E-state index contributed by atoms with van der Waals surface area (Å²) >= 11 is 1.54. The minimum atomic E-state index is -5.08. The van der Waals surface area contributed by atoms with Crippen molar-refractivity contribution < 1.29 is 47.3 Å². The van der Waals surface area contributed by atoms with Crippen LogP contribution in [0.3, 0.4) is 0 Å². The van der Waals surface area contributed by atoms with Gasteiger partial charge in [0.1, 0.15) is 11.8 Å². The number of carboxylic acid groups (broad SMARTS) is 2. The number of carbonyl (C=O) groups is 4. The molecule has 0 saturated carbocycles. The predicted octanol–water partition coefficient (Wildman–Crippen LogP) is 2.80. The zero-order valence-corrected chi connectivity index (χ0v) is 25.3. The lowest BCUT2D eigenvalue weighted by Gasteiger charge is -2.31. The van der Waals surface area contributed by atoms with Crippen molar-refractivity contribution in [2.45, 2.75) is 56.9 Å². The summed E-state index contributed by atoms with van der Waals surface area (Å²) in [6.45, 7) is 1.65. The van der Waals surface area contributed by atoms with Gasteiger partial charge in [0, 0.05) is 43.9 Å². The molecule has 1 aliphatic rings. The molecule has 2 heterocycles. The van der Waals surface area contributed by atoms with E-state index in [2.05, 4.69) is 15.3 Å². The van der Waals surface area contributed by atoms with Gasteiger partial charge in [0.05, 0.1) is 25.7 Å². The third-order valence-electron chi connectivity index (χ3n) is 6.76. The van der Waals surface area contributed by atoms with E-state index in [1.54, 1.807) is 19.6 Å². The van der Waals surface area contributed by atoms with Crippen molar-refractivity contribution in [2.75, 3.05) is 38.8 Å². The summed E-state index contributed by atoms with van der Waals surface area (Å²) in [5, 5.41) is 19.3. The van der Waals surface area contributed by atoms with Crippen LogP contribution < -0.4 is 10.1 Å². The van der Waals surface area contributed by atoms with Crippen LogP contribution in [0.25, 0.3) is 0 Å². The number of nitrogens with zero attached hydrogens (tertiary/aromatic N) is 3. The number of aliphatic carboxylic acids is 2. The number of amides is 2. The number of carbonyl (C=O) groups excluding carboxylic acids is 2. The SMILES string of the molecule is COc1ccccc1CN(CC(=O)N[C@@H](CCSC)C(=O)O)C[C@@H]1CCCN1C(=O)CCc1c[nH]cn1.O=C(O)C(F)(F)F. The molecule has 0 spiro atoms. The maximum absolute atomic E-state index is 13.0. The van der Waals surface area contributed by atoms with Crippen LogP contribution in [0.4, 0.5) is 13.2 Å². The number of para-hydroxylation sites is 1. The normalized spacial score (nSPS) is 15.3. The molecule has 4 N–H and O–H groups in total. The number of aromatic nitrogens is 2. The molecule has 1 aliphatic heterocycles. The topological polar surface area (TPSA) is 165 Å². The summed E-state index contributed by atoms with van der Waals surface area (Å²) < 4.78 is 37.2. The Bertz CT molecular complexity index is 1220. The highest BCUT2D eigenvalue weighted by Crippen LogP contribution is 2.23. The first-order valence-electron chi connectivity index (χ1n) is 13.8. The Kier molecular flexibility index (Phi) is 15.0. The van der Waals surface area contributed by atoms with Gasteiger partial charge in [-0.05, 0) is 43.8 Å². The third kappa shape index (κ3) is 12.4. The Morgan fingerprint density at radius 3 is 2.55 bits per heavy atom. The lowest BCUT2D eigenvalue weighted by Crippen LogP contribution is -2.49. The number of carboxylic acids is 2. The molecule has 0 unspecified atom stereocenters. The summed E-state index contributed by atoms with van der Waals surface area (Å²) in [5.41, 5.74) is 1.78. The van der Waals surface area contributed by atoms with Crippen molar-refractivity contribution in [1.29, 1.82) is 0 Å². The molecular formula is C28H38F3N5O7S. The Balaban J connectivity index is 0.000000860. The Morgan fingerprint density at radius 1 is 1.25 bits per heavy atom. The summed E-state index contributed by atoms with van der Waals surface area (Å²) in [4.78, 5) is 57.5. The highest BCUT2D eigenvalue weighted by atomic mass is 32.2. The van der Waals surface area contributed by atoms with Crippen LogP contribution in [0.15, 0.2) is 36.8 Å². The van der Waals surface area contributed by atoms with E-state index in [4.69, 9.17) is 14.6 Å². The van der Waals surface area contributed by atoms with Crippen LogP contribution in [0, 0.1) is 0 Å². The van der Waals surface area contributed by atoms with E-state index in [0.29, 0.717) is 44.6 Å². The minimum Gasteiger partial charge on any atom is -0.496 e. The monoisotopic (exact) mass is 645 g/mol. The van der Waals surface area contributed by atoms with Gasteiger partial charge >= 0.3 is 18.1 Å². The molecule has 0 radical (unpaired) electrons. The highest BCUT2D eigenvalue weighted by Gasteiger charge is 2.38. The molecule has 2 amide bonds. The lowest BCUT2D eigenvalue weighted by molar-refractivity contribution is -0.192. The van der Waals surface area contributed by atoms with Gasteiger partial charge < -0.3 is 30.2 Å². The van der Waals surface area contributed by atoms with Crippen LogP contribution in [0.1, 0.15) is 36.9 Å². The van der Waals surface area contributed by atoms with Gasteiger partial charge in [-0.25, -0.2) is 14.6 Å². The number of alkyl halides is 3. The Morgan fingerprint density at radius 2 is 1.95 bits per heavy atom. The summed E-state index contributed by atoms with van der Waals surface area (Å²) in [6.07, 6.45) is 3.29. The number of ether oxygens (including phenoxy) is 1. The number of halogens is 3. The van der Waals surface area contributed by atoms with Crippen molar-refractivity contribution in [3.8, 4) is 5.75 Å². The molecule has 2 atom stereocenters. The average molecular weight is 646 g/mol. The molecule has 44 heavy (non-hydrogen) atoms. The molecule has 12 nitrogen and oxygen atoms in total. The maximum Gasteiger partial charge on any atom is 0.490 e. The number of imidazole rings is 1. The molecule has 244 valence electrons. The van der Waals surface area contributed by atoms with Gasteiger partial charge in [0.15, 0.2) is 0 Å². The molecular weight excluding hydrogens is 607 g/mol. The highest BCUT2D eigenvalue weighted by molar-refractivity contribution is 7.98. The van der Waals surface area contributed by atoms with Crippen molar-refractivity contribution in [3.05, 3.63) is 48.0 Å². The fraction of sp³-hybridized carbons (Fsp3) is 0.536. The number of methoxy groups -OCH3 is 1. The van der Waals surface area contributed by atoms with Crippen LogP contribution in [-0.4, -0.2) is 111 Å². The van der Waals surface area contributed by atoms with Gasteiger partial charge in [-0.15, -0.1) is 0 Å². The second kappa shape index (κ2) is 18.1. The zero-order valence-electron chi connectivity index (χ0n) is 24.5. The van der Waals surface area contributed by atoms with Gasteiger partial charge in [-0.1, -0.05) is 18.2 Å². The number of likely N-dealkylation sites (tertiary alicyclic amines) is 1. The molecule has 1 saturated heterocycles. The smallest absolute Gasteiger partial charge is 0.490 e. The number of rotatable bonds is 15. The minimum absolute atomic E-state index is 0.0207. The molecule has 2 aromatic rings. The lowest BCUT2D eigenvalue weighted by atomic mass is 10.1. The fourth-order valence-corrected chi connectivity index (χ4v) is 5.13. The van der Waals surface area contributed by atoms with Crippen LogP contribution >= 0.6 is 11.8 Å². The average Bonchev–Trinajstić information content (AvgIpc) is 3.66. The van der Waals surface area contributed by atoms with Crippen LogP contribution in [-0.2, 0) is 32.1 Å². The van der Waals surface area contributed by atoms with E-state index in [1.165, 1.54) is 11.8 Å². The number of benzene rings is 1. The van der Waals surface area contributed by atoms with Crippen molar-refractivity contribution in [2.24, 2.45) is 0 Å². The van der Waals surface area contributed by atoms with Gasteiger partial charge in [0.2, 0.25) is 11.8 Å². The summed E-state index contributed by atoms with van der Waals surface area (Å²) in [6, 6.07) is 6.67. The first kappa shape index (κ1) is 36.4. The number of aromatic amines is 1. The standard InChI is InChI=1S/C26H37N5O5S.C2HF3O2/c1-36-23-8-4-3-6-19(23)15-30(17-24(32)29-22(26(34)35)11-13-37-2)16-21-7-5-12-31(21)25(33)10-9-20-14-27-18-28-20;3-2(4,5)1(6)7/h3-4,6,8,14,18,21-22H,5,7,9-13,15-17H2,1-2H3,(H,27,28)(H,29,32)(H,34,35);(H,6,7)/t21-,22-;/m0./s1. The van der Waals surface area contributed by atoms with E-state index < -0.39 is 24.2 Å². The Labute approximate surface area is 257 Å². The fourth-order valence-electron chi connectivity index (χ4n) is 4.65. The van der Waals surface area contributed by atoms with E-state index in [1.807, 2.05) is 40.3 Å². The van der Waals surface area contributed by atoms with Crippen molar-refractivity contribution in [1.82, 2.24) is 25.1 Å². The molecule has 3 rings (SSSR count). The number of nitrogens with one attached hydrogen (secondary N) is 2. The van der Waals surface area contributed by atoms with E-state index >= 15 is 0 Å². The molecule has 1 fully saturated rings. The maximum atomic E-state index is 13.0.